The van der Waals surface area contributed by atoms with Crippen LogP contribution in [0.15, 0.2) is 0 Å². The van der Waals surface area contributed by atoms with Crippen molar-refractivity contribution in [3.8, 4) is 0 Å². The van der Waals surface area contributed by atoms with Crippen LogP contribution in [0.25, 0.3) is 0 Å². The van der Waals surface area contributed by atoms with Gasteiger partial charge in [0.05, 0.1) is 0 Å². The Labute approximate surface area is 110 Å². The molecule has 0 aliphatic heterocycles. The Morgan fingerprint density at radius 2 is 1.84 bits per heavy atom. The highest BCUT2D eigenvalue weighted by Gasteiger charge is 2.37. The van der Waals surface area contributed by atoms with Gasteiger partial charge in [0, 0.05) is 13.1 Å². The van der Waals surface area contributed by atoms with Crippen LogP contribution in [-0.4, -0.2) is 48.7 Å². The molecule has 0 saturated carbocycles. The van der Waals surface area contributed by atoms with Gasteiger partial charge in [-0.3, -0.25) is 0 Å². The Hall–Kier alpha value is -1.02. The quantitative estimate of drug-likeness (QED) is 0.646. The fourth-order valence-corrected chi connectivity index (χ4v) is 1.07. The van der Waals surface area contributed by atoms with Gasteiger partial charge in [-0.1, -0.05) is 0 Å². The topological polar surface area (TPSA) is 70.6 Å². The zero-order valence-electron chi connectivity index (χ0n) is 11.3. The average Bonchev–Trinajstić information content (AvgIpc) is 2.18. The predicted molar refractivity (Wildman–Crippen MR) is 63.8 cm³/mol. The number of alkyl halides is 3. The van der Waals surface area contributed by atoms with Gasteiger partial charge in [-0.15, -0.1) is 0 Å². The van der Waals surface area contributed by atoms with Gasteiger partial charge in [0.15, 0.2) is 6.10 Å². The van der Waals surface area contributed by atoms with Crippen molar-refractivity contribution in [3.63, 3.8) is 0 Å². The SMILES string of the molecule is CC(C)(C)OC(=O)NCCCNCC(O)C(F)(F)F. The third-order valence-electron chi connectivity index (χ3n) is 1.91. The molecule has 0 heterocycles. The third-order valence-corrected chi connectivity index (χ3v) is 1.91. The Bertz CT molecular complexity index is 277. The molecule has 1 amide bonds. The van der Waals surface area contributed by atoms with Crippen molar-refractivity contribution in [3.05, 3.63) is 0 Å². The Morgan fingerprint density at radius 1 is 1.26 bits per heavy atom. The highest BCUT2D eigenvalue weighted by Crippen LogP contribution is 2.18. The number of amides is 1. The first-order chi connectivity index (χ1) is 8.52. The second-order valence-electron chi connectivity index (χ2n) is 5.04. The molecule has 0 bridgehead atoms. The number of aliphatic hydroxyl groups excluding tert-OH is 1. The van der Waals surface area contributed by atoms with Crippen LogP contribution in [0.5, 0.6) is 0 Å². The summed E-state index contributed by atoms with van der Waals surface area (Å²) >= 11 is 0. The standard InChI is InChI=1S/C11H21F3N2O3/c1-10(2,3)19-9(18)16-6-4-5-15-7-8(17)11(12,13)14/h8,15,17H,4-7H2,1-3H3,(H,16,18). The molecular weight excluding hydrogens is 265 g/mol. The Morgan fingerprint density at radius 3 is 2.32 bits per heavy atom. The van der Waals surface area contributed by atoms with Gasteiger partial charge in [-0.05, 0) is 33.7 Å². The number of nitrogens with one attached hydrogen (secondary N) is 2. The van der Waals surface area contributed by atoms with E-state index in [4.69, 9.17) is 9.84 Å². The minimum absolute atomic E-state index is 0.253. The normalized spacial score (nSPS) is 14.1. The summed E-state index contributed by atoms with van der Waals surface area (Å²) in [5.74, 6) is 0. The predicted octanol–water partition coefficient (Wildman–Crippen LogP) is 1.41. The van der Waals surface area contributed by atoms with E-state index >= 15 is 0 Å². The molecule has 3 N–H and O–H groups in total. The lowest BCUT2D eigenvalue weighted by Gasteiger charge is -2.19. The highest BCUT2D eigenvalue weighted by molar-refractivity contribution is 5.67. The van der Waals surface area contributed by atoms with Crippen molar-refractivity contribution in [2.75, 3.05) is 19.6 Å². The van der Waals surface area contributed by atoms with Crippen molar-refractivity contribution < 1.29 is 27.8 Å². The molecule has 0 saturated heterocycles. The maximum atomic E-state index is 11.9. The van der Waals surface area contributed by atoms with Crippen LogP contribution in [0, 0.1) is 0 Å². The number of halogens is 3. The van der Waals surface area contributed by atoms with Crippen LogP contribution < -0.4 is 10.6 Å². The summed E-state index contributed by atoms with van der Waals surface area (Å²) in [4.78, 5) is 11.2. The van der Waals surface area contributed by atoms with Crippen molar-refractivity contribution in [2.24, 2.45) is 0 Å². The van der Waals surface area contributed by atoms with E-state index in [-0.39, 0.29) is 13.1 Å². The number of aliphatic hydroxyl groups is 1. The molecule has 0 aromatic rings. The molecule has 0 rings (SSSR count). The van der Waals surface area contributed by atoms with E-state index in [2.05, 4.69) is 10.6 Å². The number of alkyl carbamates (subject to hydrolysis) is 1. The maximum absolute atomic E-state index is 11.9. The average molecular weight is 286 g/mol. The lowest BCUT2D eigenvalue weighted by molar-refractivity contribution is -0.201. The molecule has 0 spiro atoms. The molecule has 0 aliphatic rings. The molecule has 5 nitrogen and oxygen atoms in total. The lowest BCUT2D eigenvalue weighted by Crippen LogP contribution is -2.39. The van der Waals surface area contributed by atoms with E-state index in [0.717, 1.165) is 0 Å². The zero-order valence-corrected chi connectivity index (χ0v) is 11.3. The number of carbonyl (C=O) groups is 1. The molecule has 114 valence electrons. The second-order valence-corrected chi connectivity index (χ2v) is 5.04. The summed E-state index contributed by atoms with van der Waals surface area (Å²) in [7, 11) is 0. The van der Waals surface area contributed by atoms with Crippen molar-refractivity contribution in [1.29, 1.82) is 0 Å². The summed E-state index contributed by atoms with van der Waals surface area (Å²) in [5, 5.41) is 13.6. The summed E-state index contributed by atoms with van der Waals surface area (Å²) in [6.07, 6.45) is -7.11. The molecule has 1 unspecified atom stereocenters. The van der Waals surface area contributed by atoms with Crippen LogP contribution in [0.3, 0.4) is 0 Å². The summed E-state index contributed by atoms with van der Waals surface area (Å²) < 4.78 is 40.7. The second kappa shape index (κ2) is 7.54. The van der Waals surface area contributed by atoms with Gasteiger partial charge >= 0.3 is 12.3 Å². The molecule has 0 aromatic carbocycles. The van der Waals surface area contributed by atoms with Crippen molar-refractivity contribution in [2.45, 2.75) is 45.1 Å². The van der Waals surface area contributed by atoms with Crippen LogP contribution in [0.2, 0.25) is 0 Å². The van der Waals surface area contributed by atoms with E-state index in [9.17, 15) is 18.0 Å². The van der Waals surface area contributed by atoms with Crippen LogP contribution in [-0.2, 0) is 4.74 Å². The number of carbonyl (C=O) groups excluding carboxylic acids is 1. The monoisotopic (exact) mass is 286 g/mol. The van der Waals surface area contributed by atoms with E-state index in [1.54, 1.807) is 20.8 Å². The molecule has 1 atom stereocenters. The molecular formula is C11H21F3N2O3. The Kier molecular flexibility index (Phi) is 7.14. The van der Waals surface area contributed by atoms with Crippen molar-refractivity contribution >= 4 is 6.09 Å². The van der Waals surface area contributed by atoms with Gasteiger partial charge in [-0.25, -0.2) is 4.79 Å². The van der Waals surface area contributed by atoms with E-state index in [1.807, 2.05) is 0 Å². The number of ether oxygens (including phenoxy) is 1. The smallest absolute Gasteiger partial charge is 0.415 e. The molecule has 0 aromatic heterocycles. The highest BCUT2D eigenvalue weighted by atomic mass is 19.4. The summed E-state index contributed by atoms with van der Waals surface area (Å²) in [5.41, 5.74) is -0.584. The van der Waals surface area contributed by atoms with Gasteiger partial charge in [0.2, 0.25) is 0 Å². The first kappa shape index (κ1) is 18.0. The van der Waals surface area contributed by atoms with Gasteiger partial charge < -0.3 is 20.5 Å². The van der Waals surface area contributed by atoms with Crippen LogP contribution in [0.4, 0.5) is 18.0 Å². The zero-order chi connectivity index (χ0) is 15.1. The molecule has 19 heavy (non-hydrogen) atoms. The Balaban J connectivity index is 3.54. The molecule has 0 radical (unpaired) electrons. The first-order valence-electron chi connectivity index (χ1n) is 5.95. The minimum Gasteiger partial charge on any atom is -0.444 e. The van der Waals surface area contributed by atoms with E-state index in [0.29, 0.717) is 6.42 Å². The van der Waals surface area contributed by atoms with Crippen LogP contribution >= 0.6 is 0 Å². The summed E-state index contributed by atoms with van der Waals surface area (Å²) in [6, 6.07) is 0. The van der Waals surface area contributed by atoms with Gasteiger partial charge in [-0.2, -0.15) is 13.2 Å². The fraction of sp³-hybridized carbons (Fsp3) is 0.909. The maximum Gasteiger partial charge on any atom is 0.415 e. The third kappa shape index (κ3) is 10.6. The lowest BCUT2D eigenvalue weighted by atomic mass is 10.2. The first-order valence-corrected chi connectivity index (χ1v) is 5.95. The summed E-state index contributed by atoms with van der Waals surface area (Å²) in [6.45, 7) is 5.16. The van der Waals surface area contributed by atoms with Gasteiger partial charge in [0.1, 0.15) is 5.60 Å². The molecule has 0 aliphatic carbocycles. The number of rotatable bonds is 6. The minimum atomic E-state index is -4.61. The fourth-order valence-electron chi connectivity index (χ4n) is 1.07. The van der Waals surface area contributed by atoms with Crippen molar-refractivity contribution in [1.82, 2.24) is 10.6 Å². The number of hydrogen-bond donors (Lipinski definition) is 3. The molecule has 0 fully saturated rings. The number of hydrogen-bond acceptors (Lipinski definition) is 4. The van der Waals surface area contributed by atoms with Gasteiger partial charge in [0.25, 0.3) is 0 Å². The molecule has 8 heteroatoms. The van der Waals surface area contributed by atoms with E-state index < -0.39 is 30.5 Å². The van der Waals surface area contributed by atoms with Crippen LogP contribution in [0.1, 0.15) is 27.2 Å². The van der Waals surface area contributed by atoms with E-state index in [1.165, 1.54) is 0 Å². The largest absolute Gasteiger partial charge is 0.444 e.